The van der Waals surface area contributed by atoms with Crippen LogP contribution in [0.25, 0.3) is 23.2 Å². The van der Waals surface area contributed by atoms with Crippen LogP contribution in [0.2, 0.25) is 0 Å². The molecule has 6 rings (SSSR count). The maximum atomic E-state index is 14.6. The van der Waals surface area contributed by atoms with Crippen molar-refractivity contribution in [2.24, 2.45) is 0 Å². The van der Waals surface area contributed by atoms with Gasteiger partial charge in [0.15, 0.2) is 5.78 Å². The van der Waals surface area contributed by atoms with E-state index in [-0.39, 0.29) is 68.6 Å². The molecule has 4 aliphatic heterocycles. The van der Waals surface area contributed by atoms with Crippen molar-refractivity contribution in [2.75, 3.05) is 85.6 Å². The Bertz CT molecular complexity index is 2350. The van der Waals surface area contributed by atoms with E-state index in [4.69, 9.17) is 24.7 Å². The molecule has 2 unspecified atom stereocenters. The average Bonchev–Trinajstić information content (AvgIpc) is 3.87. The fraction of sp³-hybridized carbons (Fsp3) is 0.592. The van der Waals surface area contributed by atoms with E-state index >= 15 is 0 Å². The molecule has 4 N–H and O–H groups in total. The predicted molar refractivity (Wildman–Crippen MR) is 250 cm³/mol. The number of hydrogen-bond acceptors (Lipinski definition) is 11. The summed E-state index contributed by atoms with van der Waals surface area (Å²) in [4.78, 5) is 80.2. The Morgan fingerprint density at radius 3 is 2.14 bits per heavy atom. The van der Waals surface area contributed by atoms with Crippen LogP contribution in [0, 0.1) is 6.92 Å². The zero-order valence-corrected chi connectivity index (χ0v) is 41.2. The summed E-state index contributed by atoms with van der Waals surface area (Å²) in [5, 5.41) is 14.1. The molecule has 15 nitrogen and oxygen atoms in total. The molecule has 2 amide bonds. The minimum absolute atomic E-state index is 0. The molecule has 6 heterocycles. The largest absolute Gasteiger partial charge is 2.00 e. The van der Waals surface area contributed by atoms with Gasteiger partial charge >= 0.3 is 26.4 Å². The summed E-state index contributed by atoms with van der Waals surface area (Å²) in [6, 6.07) is 5.80. The van der Waals surface area contributed by atoms with Crippen LogP contribution in [-0.2, 0) is 51.4 Å². The Kier molecular flexibility index (Phi) is 19.0. The van der Waals surface area contributed by atoms with Crippen LogP contribution >= 0.6 is 0 Å². The van der Waals surface area contributed by atoms with Crippen molar-refractivity contribution in [1.29, 1.82) is 0 Å². The fourth-order valence-electron chi connectivity index (χ4n) is 9.23. The zero-order chi connectivity index (χ0) is 46.0. The van der Waals surface area contributed by atoms with Gasteiger partial charge in [-0.3, -0.25) is 38.9 Å². The first-order valence-electron chi connectivity index (χ1n) is 23.4. The van der Waals surface area contributed by atoms with E-state index in [2.05, 4.69) is 58.8 Å². The Labute approximate surface area is 398 Å². The summed E-state index contributed by atoms with van der Waals surface area (Å²) in [5.74, 6) is -1.48. The number of carbonyl (C=O) groups is 4. The molecule has 2 aromatic rings. The first-order valence-corrected chi connectivity index (χ1v) is 23.4. The number of methoxy groups -OCH3 is 1. The monoisotopic (exact) mass is 984 g/mol. The maximum Gasteiger partial charge on any atom is 2.00 e. The van der Waals surface area contributed by atoms with Gasteiger partial charge in [-0.15, -0.1) is 27.8 Å². The number of hydrogen-bond donors (Lipinski definition) is 4. The summed E-state index contributed by atoms with van der Waals surface area (Å²) in [7, 11) is 1.35. The molecular weight excluding hydrogens is 915 g/mol. The van der Waals surface area contributed by atoms with Gasteiger partial charge < -0.3 is 36.0 Å². The van der Waals surface area contributed by atoms with Gasteiger partial charge in [-0.2, -0.15) is 0 Å². The van der Waals surface area contributed by atoms with Crippen molar-refractivity contribution < 1.29 is 44.3 Å². The number of ether oxygens (including phenoxy) is 1. The molecule has 4 aliphatic rings. The maximum absolute atomic E-state index is 14.6. The smallest absolute Gasteiger partial charge is 0.658 e. The minimum atomic E-state index is -0.500. The van der Waals surface area contributed by atoms with E-state index in [0.29, 0.717) is 82.3 Å². The van der Waals surface area contributed by atoms with E-state index in [1.54, 1.807) is 6.08 Å². The number of Topliss-reactive ketones (excluding diaryl/α,β-unsaturated/α-hetero) is 1. The molecule has 4 atom stereocenters. The summed E-state index contributed by atoms with van der Waals surface area (Å²) < 4.78 is 5.31. The van der Waals surface area contributed by atoms with Crippen molar-refractivity contribution in [2.45, 2.75) is 104 Å². The second-order valence-corrected chi connectivity index (χ2v) is 17.8. The quantitative estimate of drug-likeness (QED) is 0.151. The second-order valence-electron chi connectivity index (χ2n) is 17.8. The number of carbonyl (C=O) groups excluding carboxylic acids is 4. The van der Waals surface area contributed by atoms with E-state index in [9.17, 15) is 19.2 Å². The third-order valence-corrected chi connectivity index (χ3v) is 13.9. The van der Waals surface area contributed by atoms with Crippen LogP contribution in [0.3, 0.4) is 0 Å². The number of esters is 1. The second kappa shape index (κ2) is 23.9. The SMILES string of the molecule is C/C=c1\cc2nc(c(CC(=O)OC)c3[n-]c(cc4nc(c/c(=C\C(=O)CC)[n-]1)[C@H](C)C4(C)CC)c(C)c3C(=O)NCCN1CCNCC1)C(CCC(=O)NCCN1CCNCC1)[C@@H]2C.[Pd+2]. The van der Waals surface area contributed by atoms with E-state index in [1.165, 1.54) is 7.11 Å². The molecule has 2 aromatic heterocycles. The molecule has 0 saturated carbocycles. The van der Waals surface area contributed by atoms with Gasteiger partial charge in [-0.25, -0.2) is 0 Å². The van der Waals surface area contributed by atoms with Gasteiger partial charge in [0.1, 0.15) is 0 Å². The molecule has 2 fully saturated rings. The Morgan fingerprint density at radius 1 is 0.908 bits per heavy atom. The normalized spacial score (nSPS) is 21.9. The number of aryl methyl sites for hydroxylation is 1. The van der Waals surface area contributed by atoms with Crippen molar-refractivity contribution in [3.63, 3.8) is 0 Å². The third kappa shape index (κ3) is 12.6. The summed E-state index contributed by atoms with van der Waals surface area (Å²) >= 11 is 0. The van der Waals surface area contributed by atoms with Gasteiger partial charge in [0, 0.05) is 143 Å². The first kappa shape index (κ1) is 51.7. The molecule has 65 heavy (non-hydrogen) atoms. The number of nitrogens with zero attached hydrogens (tertiary/aromatic N) is 6. The number of aromatic nitrogens is 4. The number of fused-ring (bicyclic) bond motifs is 6. The van der Waals surface area contributed by atoms with Gasteiger partial charge in [0.05, 0.1) is 13.5 Å². The molecular formula is C49H70N10O5Pd. The molecule has 6 bridgehead atoms. The molecule has 0 aromatic carbocycles. The Morgan fingerprint density at radius 2 is 1.54 bits per heavy atom. The topological polar surface area (TPSA) is 186 Å². The summed E-state index contributed by atoms with van der Waals surface area (Å²) in [6.45, 7) is 24.0. The molecule has 2 saturated heterocycles. The van der Waals surface area contributed by atoms with Crippen molar-refractivity contribution in [3.05, 3.63) is 68.4 Å². The number of nitrogens with one attached hydrogen (secondary N) is 4. The van der Waals surface area contributed by atoms with E-state index < -0.39 is 11.4 Å². The van der Waals surface area contributed by atoms with Gasteiger partial charge in [-0.1, -0.05) is 58.4 Å². The average molecular weight is 986 g/mol. The Balaban J connectivity index is 0.00000793. The van der Waals surface area contributed by atoms with Gasteiger partial charge in [0.25, 0.3) is 0 Å². The molecule has 0 spiro atoms. The third-order valence-electron chi connectivity index (χ3n) is 13.9. The van der Waals surface area contributed by atoms with Gasteiger partial charge in [0.2, 0.25) is 11.8 Å². The molecule has 0 aliphatic carbocycles. The molecule has 356 valence electrons. The number of rotatable bonds is 15. The van der Waals surface area contributed by atoms with Crippen molar-refractivity contribution in [1.82, 2.24) is 51.0 Å². The summed E-state index contributed by atoms with van der Waals surface area (Å²) in [5.41, 5.74) is 4.94. The zero-order valence-electron chi connectivity index (χ0n) is 39.7. The van der Waals surface area contributed by atoms with E-state index in [1.807, 2.05) is 45.0 Å². The number of amides is 2. The predicted octanol–water partition coefficient (Wildman–Crippen LogP) is 2.36. The first-order chi connectivity index (χ1) is 30.8. The standard InChI is InChI=1S/C49H72N10O5.Pd/c1-9-34-27-39-31(4)37(12-13-43(61)52-18-24-58-20-14-50-15-21-58)46(56-39)38(29-44(62)64-8)47-45(48(63)53-19-25-59-22-16-51-17-23-59)32(5)40(57-47)30-42-49(7,11-3)33(6)41(55-42)28-35(54-34)26-36(60)10-2;/h9,26-28,30-31,33,37,50-51H,10-25,29H2,1-8H3,(H4,52,53,54,55,56,57,60,61,63);/q;+2/p-2/b34-9+,39-27?;/t31-,33-,37?,49?;/m0./s1. The molecule has 16 heteroatoms. The number of piperazine rings is 2. The van der Waals surface area contributed by atoms with Crippen molar-refractivity contribution in [3.8, 4) is 0 Å². The van der Waals surface area contributed by atoms with Crippen LogP contribution in [0.1, 0.15) is 129 Å². The van der Waals surface area contributed by atoms with Crippen LogP contribution in [0.15, 0.2) is 18.2 Å². The molecule has 0 radical (unpaired) electrons. The minimum Gasteiger partial charge on any atom is -0.658 e. The van der Waals surface area contributed by atoms with Crippen LogP contribution in [0.5, 0.6) is 0 Å². The van der Waals surface area contributed by atoms with Crippen LogP contribution in [-0.4, -0.2) is 129 Å². The van der Waals surface area contributed by atoms with Crippen molar-refractivity contribution >= 4 is 46.8 Å². The fourth-order valence-corrected chi connectivity index (χ4v) is 9.23. The summed E-state index contributed by atoms with van der Waals surface area (Å²) in [6.07, 6.45) is 5.02. The van der Waals surface area contributed by atoms with Crippen LogP contribution < -0.4 is 41.9 Å². The Hall–Kier alpha value is -4.30. The van der Waals surface area contributed by atoms with Crippen LogP contribution in [0.4, 0.5) is 0 Å². The van der Waals surface area contributed by atoms with E-state index in [0.717, 1.165) is 76.7 Å². The van der Waals surface area contributed by atoms with Gasteiger partial charge in [-0.05, 0) is 38.3 Å². The number of ketones is 1.